The van der Waals surface area contributed by atoms with E-state index in [1.165, 1.54) is 12.1 Å². The molecule has 0 spiro atoms. The van der Waals surface area contributed by atoms with Crippen molar-refractivity contribution in [3.05, 3.63) is 107 Å². The van der Waals surface area contributed by atoms with Gasteiger partial charge in [0.25, 0.3) is 5.91 Å². The van der Waals surface area contributed by atoms with Crippen LogP contribution in [0, 0.1) is 18.8 Å². The molecule has 1 aliphatic heterocycles. The van der Waals surface area contributed by atoms with Crippen LogP contribution in [-0.4, -0.2) is 38.2 Å². The third-order valence-electron chi connectivity index (χ3n) is 7.37. The predicted octanol–water partition coefficient (Wildman–Crippen LogP) is 6.18. The molecule has 2 aromatic carbocycles. The first-order valence-corrected chi connectivity index (χ1v) is 13.8. The fourth-order valence-corrected chi connectivity index (χ4v) is 5.04. The second-order valence-electron chi connectivity index (χ2n) is 10.4. The van der Waals surface area contributed by atoms with Crippen LogP contribution in [0.2, 0.25) is 0 Å². The molecule has 1 fully saturated rings. The van der Waals surface area contributed by atoms with Gasteiger partial charge in [0.15, 0.2) is 5.65 Å². The van der Waals surface area contributed by atoms with Crippen LogP contribution in [-0.2, 0) is 6.18 Å². The first kappa shape index (κ1) is 28.1. The van der Waals surface area contributed by atoms with E-state index in [2.05, 4.69) is 37.9 Å². The maximum absolute atomic E-state index is 13.1. The number of benzene rings is 2. The third-order valence-corrected chi connectivity index (χ3v) is 7.37. The summed E-state index contributed by atoms with van der Waals surface area (Å²) in [6.07, 6.45) is 4.98. The van der Waals surface area contributed by atoms with Gasteiger partial charge in [0.2, 0.25) is 0 Å². The summed E-state index contributed by atoms with van der Waals surface area (Å²) in [5, 5.41) is 13.9. The molecule has 5 aromatic rings. The maximum Gasteiger partial charge on any atom is 0.416 e. The molecule has 0 saturated carbocycles. The highest BCUT2D eigenvalue weighted by atomic mass is 19.4. The summed E-state index contributed by atoms with van der Waals surface area (Å²) < 4.78 is 43.1. The van der Waals surface area contributed by atoms with Crippen LogP contribution in [0.3, 0.4) is 0 Å². The Morgan fingerprint density at radius 3 is 2.67 bits per heavy atom. The number of aryl methyl sites for hydroxylation is 1. The molecular formula is C32H28F3N7O. The number of hydrogen-bond acceptors (Lipinski definition) is 5. The highest BCUT2D eigenvalue weighted by Gasteiger charge is 2.30. The lowest BCUT2D eigenvalue weighted by Gasteiger charge is -2.22. The number of carbonyl (C=O) groups is 1. The number of pyridine rings is 1. The van der Waals surface area contributed by atoms with Crippen LogP contribution in [0.15, 0.2) is 79.4 Å². The SMILES string of the molecule is Cc1ccc(C(=O)Nc2cccc(C(F)(F)F)c2)cc1C#Cc1cnc2c(Nc3cnn(C4CCNCC4)c3)cccn12. The summed E-state index contributed by atoms with van der Waals surface area (Å²) >= 11 is 0. The number of carbonyl (C=O) groups excluding carboxylic acids is 1. The molecule has 0 atom stereocenters. The van der Waals surface area contributed by atoms with Gasteiger partial charge in [-0.2, -0.15) is 18.3 Å². The van der Waals surface area contributed by atoms with Gasteiger partial charge in [-0.15, -0.1) is 0 Å². The number of nitrogens with zero attached hydrogens (tertiary/aromatic N) is 4. The summed E-state index contributed by atoms with van der Waals surface area (Å²) in [5.41, 5.74) is 4.01. The van der Waals surface area contributed by atoms with Crippen LogP contribution in [0.25, 0.3) is 5.65 Å². The monoisotopic (exact) mass is 583 g/mol. The van der Waals surface area contributed by atoms with Gasteiger partial charge >= 0.3 is 6.18 Å². The molecule has 0 aliphatic carbocycles. The van der Waals surface area contributed by atoms with Gasteiger partial charge in [0.05, 0.1) is 35.4 Å². The highest BCUT2D eigenvalue weighted by molar-refractivity contribution is 6.04. The van der Waals surface area contributed by atoms with Crippen molar-refractivity contribution in [1.82, 2.24) is 24.5 Å². The van der Waals surface area contributed by atoms with E-state index in [-0.39, 0.29) is 11.3 Å². The lowest BCUT2D eigenvalue weighted by atomic mass is 10.0. The second-order valence-corrected chi connectivity index (χ2v) is 10.4. The Labute approximate surface area is 245 Å². The molecule has 0 radical (unpaired) electrons. The smallest absolute Gasteiger partial charge is 0.350 e. The number of piperidine rings is 1. The van der Waals surface area contributed by atoms with Gasteiger partial charge in [-0.25, -0.2) is 4.98 Å². The van der Waals surface area contributed by atoms with Crippen LogP contribution in [0.5, 0.6) is 0 Å². The van der Waals surface area contributed by atoms with Crippen molar-refractivity contribution in [3.63, 3.8) is 0 Å². The molecule has 11 heteroatoms. The van der Waals surface area contributed by atoms with Gasteiger partial charge in [-0.3, -0.25) is 13.9 Å². The number of rotatable bonds is 5. The van der Waals surface area contributed by atoms with Crippen molar-refractivity contribution in [2.24, 2.45) is 0 Å². The van der Waals surface area contributed by atoms with E-state index in [1.54, 1.807) is 24.4 Å². The van der Waals surface area contributed by atoms with Crippen molar-refractivity contribution in [1.29, 1.82) is 0 Å². The average Bonchev–Trinajstić information content (AvgIpc) is 3.65. The Bertz CT molecular complexity index is 1860. The lowest BCUT2D eigenvalue weighted by Crippen LogP contribution is -2.29. The van der Waals surface area contributed by atoms with Gasteiger partial charge < -0.3 is 16.0 Å². The number of aromatic nitrogens is 4. The molecule has 218 valence electrons. The zero-order valence-electron chi connectivity index (χ0n) is 23.2. The van der Waals surface area contributed by atoms with Crippen LogP contribution in [0.4, 0.5) is 30.2 Å². The summed E-state index contributed by atoms with van der Waals surface area (Å²) in [5.74, 6) is 5.74. The molecule has 43 heavy (non-hydrogen) atoms. The molecule has 4 heterocycles. The van der Waals surface area contributed by atoms with E-state index in [1.807, 2.05) is 46.7 Å². The third kappa shape index (κ3) is 6.24. The fraction of sp³-hybridized carbons (Fsp3) is 0.219. The number of amides is 1. The number of nitrogens with one attached hydrogen (secondary N) is 3. The van der Waals surface area contributed by atoms with E-state index in [0.717, 1.165) is 55.0 Å². The average molecular weight is 584 g/mol. The van der Waals surface area contributed by atoms with Crippen LogP contribution < -0.4 is 16.0 Å². The lowest BCUT2D eigenvalue weighted by molar-refractivity contribution is -0.137. The van der Waals surface area contributed by atoms with Crippen molar-refractivity contribution in [3.8, 4) is 11.8 Å². The number of halogens is 3. The number of imidazole rings is 1. The zero-order chi connectivity index (χ0) is 30.0. The molecular weight excluding hydrogens is 555 g/mol. The van der Waals surface area contributed by atoms with Crippen molar-refractivity contribution in [2.45, 2.75) is 32.0 Å². The van der Waals surface area contributed by atoms with E-state index in [4.69, 9.17) is 0 Å². The van der Waals surface area contributed by atoms with Gasteiger partial charge in [0.1, 0.15) is 5.69 Å². The first-order valence-electron chi connectivity index (χ1n) is 13.8. The summed E-state index contributed by atoms with van der Waals surface area (Å²) in [4.78, 5) is 17.4. The molecule has 0 bridgehead atoms. The Morgan fingerprint density at radius 1 is 1.02 bits per heavy atom. The Hall–Kier alpha value is -5.08. The van der Waals surface area contributed by atoms with Crippen molar-refractivity contribution < 1.29 is 18.0 Å². The molecule has 1 aliphatic rings. The number of anilines is 3. The summed E-state index contributed by atoms with van der Waals surface area (Å²) in [6.45, 7) is 3.85. The maximum atomic E-state index is 13.1. The van der Waals surface area contributed by atoms with Crippen molar-refractivity contribution >= 4 is 28.6 Å². The van der Waals surface area contributed by atoms with Gasteiger partial charge in [-0.1, -0.05) is 18.1 Å². The standard InChI is InChI=1S/C32H28F3N7O/c1-21-7-8-23(31(43)40-25-5-2-4-24(17-25)32(33,34)35)16-22(21)9-10-28-19-37-30-29(6-3-15-41(28)30)39-26-18-38-42(20-26)27-11-13-36-14-12-27/h2-8,15-20,27,36,39H,11-14H2,1H3,(H,40,43). The minimum Gasteiger partial charge on any atom is -0.350 e. The zero-order valence-corrected chi connectivity index (χ0v) is 23.2. The van der Waals surface area contributed by atoms with Crippen molar-refractivity contribution in [2.75, 3.05) is 23.7 Å². The normalized spacial score (nSPS) is 13.9. The molecule has 0 unspecified atom stereocenters. The van der Waals surface area contributed by atoms with Crippen LogP contribution >= 0.6 is 0 Å². The molecule has 8 nitrogen and oxygen atoms in total. The Morgan fingerprint density at radius 2 is 1.86 bits per heavy atom. The van der Waals surface area contributed by atoms with E-state index in [0.29, 0.717) is 22.9 Å². The molecule has 1 amide bonds. The van der Waals surface area contributed by atoms with Crippen LogP contribution in [0.1, 0.15) is 51.6 Å². The van der Waals surface area contributed by atoms with E-state index >= 15 is 0 Å². The number of fused-ring (bicyclic) bond motifs is 1. The predicted molar refractivity (Wildman–Crippen MR) is 158 cm³/mol. The van der Waals surface area contributed by atoms with E-state index < -0.39 is 17.6 Å². The second kappa shape index (κ2) is 11.7. The van der Waals surface area contributed by atoms with E-state index in [9.17, 15) is 18.0 Å². The minimum absolute atomic E-state index is 0.0572. The largest absolute Gasteiger partial charge is 0.416 e. The Balaban J connectivity index is 1.20. The minimum atomic E-state index is -4.50. The first-order chi connectivity index (χ1) is 20.7. The quantitative estimate of drug-likeness (QED) is 0.215. The molecule has 3 aromatic heterocycles. The Kier molecular flexibility index (Phi) is 7.61. The molecule has 6 rings (SSSR count). The van der Waals surface area contributed by atoms with Gasteiger partial charge in [0, 0.05) is 29.2 Å². The molecule has 1 saturated heterocycles. The van der Waals surface area contributed by atoms with Gasteiger partial charge in [-0.05, 0) is 86.8 Å². The fourth-order valence-electron chi connectivity index (χ4n) is 5.04. The molecule has 3 N–H and O–H groups in total. The summed E-state index contributed by atoms with van der Waals surface area (Å²) in [7, 11) is 0. The highest BCUT2D eigenvalue weighted by Crippen LogP contribution is 2.31. The number of alkyl halides is 3. The topological polar surface area (TPSA) is 88.3 Å². The number of hydrogen-bond donors (Lipinski definition) is 3. The summed E-state index contributed by atoms with van der Waals surface area (Å²) in [6, 6.07) is 13.8.